The summed E-state index contributed by atoms with van der Waals surface area (Å²) in [6.07, 6.45) is 0.286. The van der Waals surface area contributed by atoms with E-state index in [0.29, 0.717) is 85.1 Å². The first-order chi connectivity index (χ1) is 16.2. The summed E-state index contributed by atoms with van der Waals surface area (Å²) in [4.78, 5) is 53.4. The molecular formula is C22H40N4O8. The molecule has 3 N–H and O–H groups in total. The van der Waals surface area contributed by atoms with E-state index in [2.05, 4.69) is 14.7 Å². The summed E-state index contributed by atoms with van der Waals surface area (Å²) in [5, 5.41) is 27.3. The maximum Gasteiger partial charge on any atom is 0.307 e. The van der Waals surface area contributed by atoms with Crippen molar-refractivity contribution in [3.63, 3.8) is 0 Å². The van der Waals surface area contributed by atoms with E-state index in [-0.39, 0.29) is 31.7 Å². The highest BCUT2D eigenvalue weighted by atomic mass is 16.5. The summed E-state index contributed by atoms with van der Waals surface area (Å²) in [5.74, 6) is -2.90. The summed E-state index contributed by atoms with van der Waals surface area (Å²) in [7, 11) is 0. The molecule has 1 aliphatic rings. The third-order valence-electron chi connectivity index (χ3n) is 5.79. The lowest BCUT2D eigenvalue weighted by molar-refractivity contribution is -0.143. The molecular weight excluding hydrogens is 448 g/mol. The molecule has 34 heavy (non-hydrogen) atoms. The molecule has 1 fully saturated rings. The van der Waals surface area contributed by atoms with Crippen molar-refractivity contribution in [2.45, 2.75) is 32.6 Å². The van der Waals surface area contributed by atoms with Crippen LogP contribution in [0, 0.1) is 0 Å². The number of hydrogen-bond acceptors (Lipinski definition) is 9. The Morgan fingerprint density at radius 3 is 1.06 bits per heavy atom. The number of carbonyl (C=O) groups excluding carboxylic acids is 1. The van der Waals surface area contributed by atoms with Crippen molar-refractivity contribution in [1.82, 2.24) is 19.6 Å². The van der Waals surface area contributed by atoms with Crippen molar-refractivity contribution in [2.75, 3.05) is 85.1 Å². The minimum atomic E-state index is -0.881. The van der Waals surface area contributed by atoms with Crippen molar-refractivity contribution in [3.05, 3.63) is 0 Å². The van der Waals surface area contributed by atoms with Gasteiger partial charge in [-0.25, -0.2) is 0 Å². The van der Waals surface area contributed by atoms with Gasteiger partial charge in [-0.2, -0.15) is 0 Å². The van der Waals surface area contributed by atoms with Gasteiger partial charge in [-0.3, -0.25) is 19.2 Å². The van der Waals surface area contributed by atoms with Crippen LogP contribution in [0.25, 0.3) is 0 Å². The van der Waals surface area contributed by atoms with Crippen LogP contribution in [-0.4, -0.2) is 144 Å². The largest absolute Gasteiger partial charge is 0.481 e. The predicted octanol–water partition coefficient (Wildman–Crippen LogP) is -0.415. The van der Waals surface area contributed by atoms with Crippen molar-refractivity contribution in [3.8, 4) is 0 Å². The molecule has 1 rings (SSSR count). The van der Waals surface area contributed by atoms with Crippen LogP contribution < -0.4 is 0 Å². The molecule has 0 bridgehead atoms. The second-order valence-electron chi connectivity index (χ2n) is 8.35. The molecule has 0 saturated carbocycles. The lowest BCUT2D eigenvalue weighted by Crippen LogP contribution is -2.47. The third kappa shape index (κ3) is 14.8. The summed E-state index contributed by atoms with van der Waals surface area (Å²) < 4.78 is 5.03. The van der Waals surface area contributed by atoms with Gasteiger partial charge in [0.25, 0.3) is 0 Å². The van der Waals surface area contributed by atoms with Crippen LogP contribution in [0.4, 0.5) is 0 Å². The van der Waals surface area contributed by atoms with E-state index in [0.717, 1.165) is 0 Å². The zero-order valence-electron chi connectivity index (χ0n) is 20.2. The van der Waals surface area contributed by atoms with Crippen LogP contribution in [0.3, 0.4) is 0 Å². The van der Waals surface area contributed by atoms with Crippen LogP contribution in [0.15, 0.2) is 0 Å². The molecule has 0 aromatic heterocycles. The summed E-state index contributed by atoms with van der Waals surface area (Å²) in [6.45, 7) is 8.56. The van der Waals surface area contributed by atoms with E-state index >= 15 is 0 Å². The topological polar surface area (TPSA) is 151 Å². The molecule has 1 heterocycles. The maximum absolute atomic E-state index is 11.8. The molecule has 0 atom stereocenters. The Labute approximate surface area is 201 Å². The standard InChI is InChI=1S/C22H40N4O8/c1-2-34-22(33)6-10-26-17-15-24(8-4-20(29)30)13-11-23(7-3-19(27)28)12-14-25(16-18-26)9-5-21(31)32/h2-18H2,1H3,(H,27,28)(H,29,30)(H,31,32). The SMILES string of the molecule is CCOC(=O)CCN1CCN(CCC(=O)O)CCN(CCC(=O)O)CCN(CCC(=O)O)CC1. The smallest absolute Gasteiger partial charge is 0.307 e. The summed E-state index contributed by atoms with van der Waals surface area (Å²) in [6, 6.07) is 0. The zero-order valence-corrected chi connectivity index (χ0v) is 20.2. The van der Waals surface area contributed by atoms with Crippen LogP contribution in [0.5, 0.6) is 0 Å². The van der Waals surface area contributed by atoms with Crippen molar-refractivity contribution >= 4 is 23.9 Å². The van der Waals surface area contributed by atoms with E-state index in [1.54, 1.807) is 6.92 Å². The van der Waals surface area contributed by atoms with Gasteiger partial charge in [-0.05, 0) is 6.92 Å². The van der Waals surface area contributed by atoms with Gasteiger partial charge >= 0.3 is 23.9 Å². The Morgan fingerprint density at radius 2 is 0.824 bits per heavy atom. The molecule has 196 valence electrons. The molecule has 12 heteroatoms. The average Bonchev–Trinajstić information content (AvgIpc) is 2.76. The number of carboxylic acids is 3. The average molecular weight is 489 g/mol. The minimum absolute atomic E-state index is 0.00584. The van der Waals surface area contributed by atoms with Gasteiger partial charge in [-0.15, -0.1) is 0 Å². The Balaban J connectivity index is 2.90. The number of aliphatic carboxylic acids is 3. The number of carbonyl (C=O) groups is 4. The van der Waals surface area contributed by atoms with Crippen LogP contribution in [0.1, 0.15) is 32.6 Å². The number of ether oxygens (including phenoxy) is 1. The lowest BCUT2D eigenvalue weighted by atomic mass is 10.2. The molecule has 0 unspecified atom stereocenters. The van der Waals surface area contributed by atoms with E-state index in [4.69, 9.17) is 20.1 Å². The van der Waals surface area contributed by atoms with Gasteiger partial charge in [0.05, 0.1) is 32.3 Å². The summed E-state index contributed by atoms with van der Waals surface area (Å²) >= 11 is 0. The highest BCUT2D eigenvalue weighted by Crippen LogP contribution is 2.04. The quantitative estimate of drug-likeness (QED) is 0.289. The minimum Gasteiger partial charge on any atom is -0.481 e. The summed E-state index contributed by atoms with van der Waals surface area (Å²) in [5.41, 5.74) is 0. The number of esters is 1. The Bertz CT molecular complexity index is 614. The Morgan fingerprint density at radius 1 is 0.559 bits per heavy atom. The van der Waals surface area contributed by atoms with E-state index in [1.807, 2.05) is 4.90 Å². The number of hydrogen-bond donors (Lipinski definition) is 3. The number of nitrogens with zero attached hydrogens (tertiary/aromatic N) is 4. The second kappa shape index (κ2) is 17.2. The van der Waals surface area contributed by atoms with Crippen molar-refractivity contribution in [1.29, 1.82) is 0 Å². The van der Waals surface area contributed by atoms with Gasteiger partial charge in [0.15, 0.2) is 0 Å². The van der Waals surface area contributed by atoms with Crippen LogP contribution in [0.2, 0.25) is 0 Å². The first kappa shape index (κ1) is 29.8. The fraction of sp³-hybridized carbons (Fsp3) is 0.818. The number of carboxylic acid groups (broad SMARTS) is 3. The normalized spacial score (nSPS) is 18.0. The predicted molar refractivity (Wildman–Crippen MR) is 124 cm³/mol. The number of rotatable bonds is 13. The molecule has 0 radical (unpaired) electrons. The lowest BCUT2D eigenvalue weighted by Gasteiger charge is -2.34. The molecule has 0 aliphatic carbocycles. The van der Waals surface area contributed by atoms with E-state index in [1.165, 1.54) is 0 Å². The van der Waals surface area contributed by atoms with Gasteiger partial charge in [-0.1, -0.05) is 0 Å². The molecule has 12 nitrogen and oxygen atoms in total. The second-order valence-corrected chi connectivity index (χ2v) is 8.35. The third-order valence-corrected chi connectivity index (χ3v) is 5.79. The van der Waals surface area contributed by atoms with Gasteiger partial charge in [0.2, 0.25) is 0 Å². The monoisotopic (exact) mass is 488 g/mol. The molecule has 1 aliphatic heterocycles. The molecule has 1 saturated heterocycles. The van der Waals surface area contributed by atoms with E-state index < -0.39 is 17.9 Å². The molecule has 0 amide bonds. The van der Waals surface area contributed by atoms with E-state index in [9.17, 15) is 19.2 Å². The zero-order chi connectivity index (χ0) is 25.3. The first-order valence-corrected chi connectivity index (χ1v) is 11.9. The van der Waals surface area contributed by atoms with Crippen molar-refractivity contribution in [2.24, 2.45) is 0 Å². The van der Waals surface area contributed by atoms with Crippen molar-refractivity contribution < 1.29 is 39.2 Å². The molecule has 0 aromatic carbocycles. The fourth-order valence-corrected chi connectivity index (χ4v) is 3.72. The van der Waals surface area contributed by atoms with Crippen LogP contribution in [-0.2, 0) is 23.9 Å². The first-order valence-electron chi connectivity index (χ1n) is 11.9. The highest BCUT2D eigenvalue weighted by Gasteiger charge is 2.19. The molecule has 0 spiro atoms. The van der Waals surface area contributed by atoms with Gasteiger partial charge in [0, 0.05) is 78.5 Å². The maximum atomic E-state index is 11.8. The van der Waals surface area contributed by atoms with Gasteiger partial charge < -0.3 is 39.7 Å². The molecule has 0 aromatic rings. The Kier molecular flexibility index (Phi) is 15.0. The van der Waals surface area contributed by atoms with Crippen LogP contribution >= 0.6 is 0 Å². The highest BCUT2D eigenvalue weighted by molar-refractivity contribution is 5.69. The van der Waals surface area contributed by atoms with Gasteiger partial charge in [0.1, 0.15) is 0 Å². The fourth-order valence-electron chi connectivity index (χ4n) is 3.72. The Hall–Kier alpha value is -2.28.